The smallest absolute Gasteiger partial charge is 0.164 e. The molecular formula is C13H13FOS. The highest BCUT2D eigenvalue weighted by molar-refractivity contribution is 7.17. The lowest BCUT2D eigenvalue weighted by Gasteiger charge is -1.98. The molecule has 16 heavy (non-hydrogen) atoms. The minimum Gasteiger partial charge on any atom is -0.294 e. The van der Waals surface area contributed by atoms with Gasteiger partial charge in [-0.3, -0.25) is 4.79 Å². The number of unbranched alkanes of at least 4 members (excludes halogenated alkanes) is 1. The van der Waals surface area contributed by atoms with Gasteiger partial charge in [0, 0.05) is 22.8 Å². The summed E-state index contributed by atoms with van der Waals surface area (Å²) < 4.78 is 14.0. The molecule has 2 rings (SSSR count). The first-order valence-electron chi connectivity index (χ1n) is 5.43. The number of carbonyl (C=O) groups excluding carboxylic acids is 1. The van der Waals surface area contributed by atoms with E-state index in [4.69, 9.17) is 0 Å². The average Bonchev–Trinajstić information content (AvgIpc) is 2.71. The summed E-state index contributed by atoms with van der Waals surface area (Å²) in [4.78, 5) is 11.9. The van der Waals surface area contributed by atoms with Crippen LogP contribution >= 0.6 is 11.3 Å². The predicted octanol–water partition coefficient (Wildman–Crippen LogP) is 4.41. The molecule has 0 N–H and O–H groups in total. The van der Waals surface area contributed by atoms with E-state index in [0.29, 0.717) is 16.7 Å². The van der Waals surface area contributed by atoms with E-state index in [1.54, 1.807) is 11.4 Å². The Morgan fingerprint density at radius 2 is 2.25 bits per heavy atom. The van der Waals surface area contributed by atoms with Gasteiger partial charge in [0.2, 0.25) is 0 Å². The summed E-state index contributed by atoms with van der Waals surface area (Å²) in [6.45, 7) is 2.05. The number of thiophene rings is 1. The van der Waals surface area contributed by atoms with Crippen LogP contribution in [0.3, 0.4) is 0 Å². The maximum atomic E-state index is 13.4. The molecule has 3 heteroatoms. The van der Waals surface area contributed by atoms with Gasteiger partial charge in [-0.25, -0.2) is 4.39 Å². The third-order valence-electron chi connectivity index (χ3n) is 2.61. The van der Waals surface area contributed by atoms with E-state index in [2.05, 4.69) is 6.92 Å². The van der Waals surface area contributed by atoms with Crippen molar-refractivity contribution in [3.8, 4) is 0 Å². The Bertz CT molecular complexity index is 516. The highest BCUT2D eigenvalue weighted by Crippen LogP contribution is 2.29. The zero-order valence-electron chi connectivity index (χ0n) is 9.13. The van der Waals surface area contributed by atoms with Crippen LogP contribution in [0.25, 0.3) is 10.1 Å². The second kappa shape index (κ2) is 4.74. The number of ketones is 1. The molecule has 0 fully saturated rings. The zero-order chi connectivity index (χ0) is 11.5. The largest absolute Gasteiger partial charge is 0.294 e. The van der Waals surface area contributed by atoms with Gasteiger partial charge in [0.25, 0.3) is 0 Å². The molecule has 0 amide bonds. The number of Topliss-reactive ketones (excluding diaryl/α,β-unsaturated/α-hetero) is 1. The first kappa shape index (κ1) is 11.3. The zero-order valence-corrected chi connectivity index (χ0v) is 9.94. The molecule has 1 aromatic heterocycles. The summed E-state index contributed by atoms with van der Waals surface area (Å²) in [7, 11) is 0. The van der Waals surface area contributed by atoms with E-state index in [-0.39, 0.29) is 11.6 Å². The van der Waals surface area contributed by atoms with Crippen molar-refractivity contribution in [2.75, 3.05) is 0 Å². The van der Waals surface area contributed by atoms with Gasteiger partial charge >= 0.3 is 0 Å². The van der Waals surface area contributed by atoms with Gasteiger partial charge in [-0.05, 0) is 12.5 Å². The number of hydrogen-bond acceptors (Lipinski definition) is 2. The predicted molar refractivity (Wildman–Crippen MR) is 65.6 cm³/mol. The van der Waals surface area contributed by atoms with Crippen LogP contribution in [0.15, 0.2) is 23.6 Å². The van der Waals surface area contributed by atoms with Crippen molar-refractivity contribution in [2.45, 2.75) is 26.2 Å². The summed E-state index contributed by atoms with van der Waals surface area (Å²) >= 11 is 1.31. The van der Waals surface area contributed by atoms with Gasteiger partial charge in [-0.1, -0.05) is 25.5 Å². The van der Waals surface area contributed by atoms with Crippen LogP contribution in [-0.4, -0.2) is 5.78 Å². The molecule has 0 unspecified atom stereocenters. The van der Waals surface area contributed by atoms with Crippen molar-refractivity contribution in [2.24, 2.45) is 0 Å². The number of hydrogen-bond donors (Lipinski definition) is 0. The summed E-state index contributed by atoms with van der Waals surface area (Å²) in [5.41, 5.74) is 0.674. The topological polar surface area (TPSA) is 17.1 Å². The van der Waals surface area contributed by atoms with Crippen LogP contribution in [0.2, 0.25) is 0 Å². The Morgan fingerprint density at radius 3 is 3.00 bits per heavy atom. The number of rotatable bonds is 4. The Hall–Kier alpha value is -1.22. The average molecular weight is 236 g/mol. The van der Waals surface area contributed by atoms with Gasteiger partial charge < -0.3 is 0 Å². The molecule has 0 aliphatic carbocycles. The molecule has 0 saturated carbocycles. The lowest BCUT2D eigenvalue weighted by atomic mass is 10.0. The Balaban J connectivity index is 2.38. The second-order valence-corrected chi connectivity index (χ2v) is 4.67. The van der Waals surface area contributed by atoms with Gasteiger partial charge in [-0.2, -0.15) is 0 Å². The molecule has 0 spiro atoms. The normalized spacial score (nSPS) is 10.9. The van der Waals surface area contributed by atoms with Crippen molar-refractivity contribution in [1.82, 2.24) is 0 Å². The molecule has 0 aliphatic rings. The Morgan fingerprint density at radius 1 is 1.44 bits per heavy atom. The van der Waals surface area contributed by atoms with Crippen molar-refractivity contribution < 1.29 is 9.18 Å². The maximum absolute atomic E-state index is 13.4. The number of fused-ring (bicyclic) bond motifs is 1. The summed E-state index contributed by atoms with van der Waals surface area (Å²) in [6.07, 6.45) is 2.45. The van der Waals surface area contributed by atoms with Crippen LogP contribution in [0.4, 0.5) is 4.39 Å². The van der Waals surface area contributed by atoms with Crippen LogP contribution in [0, 0.1) is 5.82 Å². The Labute approximate surface area is 97.9 Å². The minimum atomic E-state index is -0.239. The Kier molecular flexibility index (Phi) is 3.34. The molecule has 1 heterocycles. The van der Waals surface area contributed by atoms with Crippen molar-refractivity contribution >= 4 is 27.2 Å². The van der Waals surface area contributed by atoms with Crippen LogP contribution in [0.1, 0.15) is 36.5 Å². The maximum Gasteiger partial charge on any atom is 0.164 e. The summed E-state index contributed by atoms with van der Waals surface area (Å²) in [6, 6.07) is 4.90. The van der Waals surface area contributed by atoms with Crippen molar-refractivity contribution in [3.63, 3.8) is 0 Å². The third-order valence-corrected chi connectivity index (χ3v) is 3.61. The fraction of sp³-hybridized carbons (Fsp3) is 0.308. The van der Waals surface area contributed by atoms with E-state index in [9.17, 15) is 9.18 Å². The van der Waals surface area contributed by atoms with E-state index < -0.39 is 0 Å². The lowest BCUT2D eigenvalue weighted by molar-refractivity contribution is 0.0982. The van der Waals surface area contributed by atoms with E-state index in [1.807, 2.05) is 6.07 Å². The monoisotopic (exact) mass is 236 g/mol. The van der Waals surface area contributed by atoms with Gasteiger partial charge in [0.15, 0.2) is 5.78 Å². The number of benzene rings is 1. The van der Waals surface area contributed by atoms with E-state index in [0.717, 1.165) is 18.2 Å². The van der Waals surface area contributed by atoms with Crippen molar-refractivity contribution in [1.29, 1.82) is 0 Å². The second-order valence-electron chi connectivity index (χ2n) is 3.79. The summed E-state index contributed by atoms with van der Waals surface area (Å²) in [5, 5.41) is 2.53. The third kappa shape index (κ3) is 2.00. The fourth-order valence-electron chi connectivity index (χ4n) is 1.71. The number of halogens is 1. The molecule has 0 aliphatic heterocycles. The molecule has 1 aromatic carbocycles. The highest BCUT2D eigenvalue weighted by Gasteiger charge is 2.13. The van der Waals surface area contributed by atoms with Crippen molar-refractivity contribution in [3.05, 3.63) is 35.0 Å². The van der Waals surface area contributed by atoms with Crippen LogP contribution in [-0.2, 0) is 0 Å². The van der Waals surface area contributed by atoms with Gasteiger partial charge in [-0.15, -0.1) is 11.3 Å². The van der Waals surface area contributed by atoms with E-state index >= 15 is 0 Å². The summed E-state index contributed by atoms with van der Waals surface area (Å²) in [5.74, 6) is -0.115. The van der Waals surface area contributed by atoms with Crippen LogP contribution < -0.4 is 0 Å². The van der Waals surface area contributed by atoms with E-state index in [1.165, 1.54) is 17.4 Å². The van der Waals surface area contributed by atoms with Gasteiger partial charge in [0.05, 0.1) is 4.70 Å². The number of carbonyl (C=O) groups is 1. The molecule has 1 nitrogen and oxygen atoms in total. The molecule has 0 saturated heterocycles. The van der Waals surface area contributed by atoms with Crippen LogP contribution in [0.5, 0.6) is 0 Å². The molecular weight excluding hydrogens is 223 g/mol. The molecule has 0 bridgehead atoms. The molecule has 84 valence electrons. The lowest BCUT2D eigenvalue weighted by Crippen LogP contribution is -1.97. The minimum absolute atomic E-state index is 0.124. The fourth-order valence-corrected chi connectivity index (χ4v) is 2.69. The highest BCUT2D eigenvalue weighted by atomic mass is 32.1. The SMILES string of the molecule is CCCCC(=O)c1csc2c(F)cccc12. The van der Waals surface area contributed by atoms with Gasteiger partial charge in [0.1, 0.15) is 5.82 Å². The molecule has 0 radical (unpaired) electrons. The molecule has 0 atom stereocenters. The standard InChI is InChI=1S/C13H13FOS/c1-2-3-7-12(15)10-8-16-13-9(10)5-4-6-11(13)14/h4-6,8H,2-3,7H2,1H3. The first-order valence-corrected chi connectivity index (χ1v) is 6.31. The quantitative estimate of drug-likeness (QED) is 0.718. The molecule has 2 aromatic rings. The first-order chi connectivity index (χ1) is 7.74.